The van der Waals surface area contributed by atoms with Crippen LogP contribution < -0.4 is 10.1 Å². The number of aryl methyl sites for hydroxylation is 1. The SMILES string of the molecule is Cc1ccc(NC(=O)C2(c3ncccc3C(C)C)CC3(C2)OCCO3)c(OC(F)F)n1. The number of anilines is 1. The molecular weight excluding hydrogens is 408 g/mol. The highest BCUT2D eigenvalue weighted by molar-refractivity contribution is 6.01. The zero-order chi connectivity index (χ0) is 22.2. The van der Waals surface area contributed by atoms with Gasteiger partial charge in [-0.15, -0.1) is 0 Å². The Morgan fingerprint density at radius 3 is 2.55 bits per heavy atom. The lowest BCUT2D eigenvalue weighted by Crippen LogP contribution is -2.61. The zero-order valence-electron chi connectivity index (χ0n) is 17.7. The third-order valence-electron chi connectivity index (χ3n) is 5.75. The molecule has 2 aliphatic rings. The minimum absolute atomic E-state index is 0.0755. The molecule has 1 aliphatic carbocycles. The van der Waals surface area contributed by atoms with Gasteiger partial charge >= 0.3 is 6.61 Å². The molecule has 0 radical (unpaired) electrons. The monoisotopic (exact) mass is 433 g/mol. The number of pyridine rings is 2. The quantitative estimate of drug-likeness (QED) is 0.744. The van der Waals surface area contributed by atoms with E-state index in [1.807, 2.05) is 26.0 Å². The molecule has 0 unspecified atom stereocenters. The summed E-state index contributed by atoms with van der Waals surface area (Å²) in [6.45, 7) is 3.58. The fourth-order valence-corrected chi connectivity index (χ4v) is 4.33. The number of aromatic nitrogens is 2. The van der Waals surface area contributed by atoms with Gasteiger partial charge in [0.05, 0.1) is 18.9 Å². The van der Waals surface area contributed by atoms with Gasteiger partial charge < -0.3 is 19.5 Å². The van der Waals surface area contributed by atoms with Crippen molar-refractivity contribution in [1.29, 1.82) is 0 Å². The summed E-state index contributed by atoms with van der Waals surface area (Å²) in [5, 5.41) is 2.75. The normalized spacial score (nSPS) is 18.9. The van der Waals surface area contributed by atoms with Gasteiger partial charge in [-0.05, 0) is 36.6 Å². The smallest absolute Gasteiger partial charge is 0.388 e. The van der Waals surface area contributed by atoms with Crippen molar-refractivity contribution in [2.75, 3.05) is 18.5 Å². The van der Waals surface area contributed by atoms with Crippen LogP contribution in [0.15, 0.2) is 30.5 Å². The molecule has 4 rings (SSSR count). The second-order valence-corrected chi connectivity index (χ2v) is 8.28. The molecule has 3 heterocycles. The lowest BCUT2D eigenvalue weighted by Gasteiger charge is -2.51. The van der Waals surface area contributed by atoms with Crippen molar-refractivity contribution in [2.24, 2.45) is 0 Å². The molecule has 1 N–H and O–H groups in total. The third-order valence-corrected chi connectivity index (χ3v) is 5.75. The van der Waals surface area contributed by atoms with Gasteiger partial charge in [0.1, 0.15) is 11.1 Å². The molecule has 7 nitrogen and oxygen atoms in total. The van der Waals surface area contributed by atoms with Crippen molar-refractivity contribution in [2.45, 2.75) is 57.3 Å². The highest BCUT2D eigenvalue weighted by Crippen LogP contribution is 2.55. The Balaban J connectivity index is 1.70. The number of carbonyl (C=O) groups excluding carboxylic acids is 1. The van der Waals surface area contributed by atoms with E-state index in [9.17, 15) is 13.6 Å². The molecular formula is C22H25F2N3O4. The molecule has 1 saturated carbocycles. The highest BCUT2D eigenvalue weighted by atomic mass is 19.3. The second kappa shape index (κ2) is 8.12. The van der Waals surface area contributed by atoms with Crippen LogP contribution in [0.4, 0.5) is 14.5 Å². The fraction of sp³-hybridized carbons (Fsp3) is 0.500. The van der Waals surface area contributed by atoms with Crippen molar-refractivity contribution in [3.8, 4) is 5.88 Å². The Labute approximate surface area is 179 Å². The van der Waals surface area contributed by atoms with Gasteiger partial charge in [-0.3, -0.25) is 9.78 Å². The first-order valence-electron chi connectivity index (χ1n) is 10.2. The van der Waals surface area contributed by atoms with Crippen molar-refractivity contribution in [1.82, 2.24) is 9.97 Å². The van der Waals surface area contributed by atoms with E-state index >= 15 is 0 Å². The Kier molecular flexibility index (Phi) is 5.65. The number of nitrogens with zero attached hydrogens (tertiary/aromatic N) is 2. The minimum atomic E-state index is -3.06. The molecule has 1 saturated heterocycles. The first-order chi connectivity index (χ1) is 14.7. The number of alkyl halides is 2. The van der Waals surface area contributed by atoms with Crippen LogP contribution in [0.25, 0.3) is 0 Å². The third kappa shape index (κ3) is 3.99. The number of hydrogen-bond donors (Lipinski definition) is 1. The van der Waals surface area contributed by atoms with Crippen LogP contribution in [0.5, 0.6) is 5.88 Å². The van der Waals surface area contributed by atoms with Crippen LogP contribution in [0.1, 0.15) is 49.6 Å². The largest absolute Gasteiger partial charge is 0.415 e. The maximum Gasteiger partial charge on any atom is 0.388 e. The predicted molar refractivity (Wildman–Crippen MR) is 108 cm³/mol. The number of halogens is 2. The standard InChI is InChI=1S/C22H25F2N3O4/c1-13(2)15-5-4-8-25-17(15)21(11-22(12-21)29-9-10-30-22)19(28)27-16-7-6-14(3)26-18(16)31-20(23)24/h4-8,13,20H,9-12H2,1-3H3,(H,27,28). The first-order valence-corrected chi connectivity index (χ1v) is 10.2. The van der Waals surface area contributed by atoms with Gasteiger partial charge in [0.15, 0.2) is 5.79 Å². The molecule has 2 fully saturated rings. The molecule has 2 aromatic heterocycles. The number of rotatable bonds is 6. The maximum absolute atomic E-state index is 13.6. The number of carbonyl (C=O) groups is 1. The van der Waals surface area contributed by atoms with E-state index in [2.05, 4.69) is 20.0 Å². The van der Waals surface area contributed by atoms with E-state index in [0.29, 0.717) is 24.6 Å². The molecule has 1 spiro atoms. The van der Waals surface area contributed by atoms with Gasteiger partial charge in [-0.25, -0.2) is 4.98 Å². The lowest BCUT2D eigenvalue weighted by molar-refractivity contribution is -0.237. The molecule has 166 valence electrons. The van der Waals surface area contributed by atoms with Crippen molar-refractivity contribution < 1.29 is 27.8 Å². The molecule has 9 heteroatoms. The highest BCUT2D eigenvalue weighted by Gasteiger charge is 2.64. The summed E-state index contributed by atoms with van der Waals surface area (Å²) in [5.41, 5.74) is 1.12. The van der Waals surface area contributed by atoms with Crippen LogP contribution in [0.2, 0.25) is 0 Å². The number of amides is 1. The zero-order valence-corrected chi connectivity index (χ0v) is 17.7. The Morgan fingerprint density at radius 1 is 1.19 bits per heavy atom. The van der Waals surface area contributed by atoms with Crippen LogP contribution in [-0.2, 0) is 19.7 Å². The Morgan fingerprint density at radius 2 is 1.90 bits per heavy atom. The summed E-state index contributed by atoms with van der Waals surface area (Å²) in [5.74, 6) is -1.40. The fourth-order valence-electron chi connectivity index (χ4n) is 4.33. The summed E-state index contributed by atoms with van der Waals surface area (Å²) in [6, 6.07) is 6.90. The number of hydrogen-bond acceptors (Lipinski definition) is 6. The van der Waals surface area contributed by atoms with E-state index in [0.717, 1.165) is 5.56 Å². The number of nitrogens with one attached hydrogen (secondary N) is 1. The van der Waals surface area contributed by atoms with Gasteiger partial charge in [0.2, 0.25) is 11.8 Å². The molecule has 2 aromatic rings. The van der Waals surface area contributed by atoms with Gasteiger partial charge in [0.25, 0.3) is 0 Å². The summed E-state index contributed by atoms with van der Waals surface area (Å²) < 4.78 is 41.8. The Bertz CT molecular complexity index is 969. The van der Waals surface area contributed by atoms with Crippen LogP contribution in [0.3, 0.4) is 0 Å². The average Bonchev–Trinajstić information content (AvgIpc) is 3.18. The van der Waals surface area contributed by atoms with Crippen molar-refractivity contribution >= 4 is 11.6 Å². The maximum atomic E-state index is 13.6. The van der Waals surface area contributed by atoms with Crippen LogP contribution in [-0.4, -0.2) is 41.5 Å². The minimum Gasteiger partial charge on any atom is -0.415 e. The predicted octanol–water partition coefficient (Wildman–Crippen LogP) is 3.92. The van der Waals surface area contributed by atoms with Gasteiger partial charge in [0, 0.05) is 24.7 Å². The summed E-state index contributed by atoms with van der Waals surface area (Å²) in [7, 11) is 0. The first kappa shape index (κ1) is 21.6. The molecule has 31 heavy (non-hydrogen) atoms. The average molecular weight is 433 g/mol. The summed E-state index contributed by atoms with van der Waals surface area (Å²) in [6.07, 6.45) is 2.22. The topological polar surface area (TPSA) is 82.6 Å². The second-order valence-electron chi connectivity index (χ2n) is 8.28. The van der Waals surface area contributed by atoms with E-state index in [-0.39, 0.29) is 36.2 Å². The molecule has 0 bridgehead atoms. The van der Waals surface area contributed by atoms with Crippen LogP contribution >= 0.6 is 0 Å². The van der Waals surface area contributed by atoms with Crippen molar-refractivity contribution in [3.05, 3.63) is 47.4 Å². The molecule has 0 aromatic carbocycles. The summed E-state index contributed by atoms with van der Waals surface area (Å²) >= 11 is 0. The Hall–Kier alpha value is -2.65. The van der Waals surface area contributed by atoms with Gasteiger partial charge in [-0.2, -0.15) is 8.78 Å². The van der Waals surface area contributed by atoms with Gasteiger partial charge in [-0.1, -0.05) is 19.9 Å². The van der Waals surface area contributed by atoms with E-state index in [1.165, 1.54) is 6.07 Å². The molecule has 1 aliphatic heterocycles. The molecule has 1 amide bonds. The molecule has 0 atom stereocenters. The van der Waals surface area contributed by atoms with E-state index < -0.39 is 17.8 Å². The van der Waals surface area contributed by atoms with Crippen LogP contribution in [0, 0.1) is 6.92 Å². The van der Waals surface area contributed by atoms with E-state index in [1.54, 1.807) is 19.2 Å². The van der Waals surface area contributed by atoms with E-state index in [4.69, 9.17) is 9.47 Å². The lowest BCUT2D eigenvalue weighted by atomic mass is 9.60. The van der Waals surface area contributed by atoms with Crippen molar-refractivity contribution in [3.63, 3.8) is 0 Å². The summed E-state index contributed by atoms with van der Waals surface area (Å²) in [4.78, 5) is 22.2. The number of ether oxygens (including phenoxy) is 3.